The van der Waals surface area contributed by atoms with Crippen LogP contribution in [0.2, 0.25) is 0 Å². The number of anilines is 3. The Morgan fingerprint density at radius 3 is 2.56 bits per heavy atom. The largest absolute Gasteiger partial charge is 0.395 e. The number of halogens is 1. The van der Waals surface area contributed by atoms with Gasteiger partial charge in [-0.2, -0.15) is 0 Å². The highest BCUT2D eigenvalue weighted by atomic mass is 19.1. The number of nitrogens with one attached hydrogen (secondary N) is 2. The van der Waals surface area contributed by atoms with Gasteiger partial charge in [-0.25, -0.2) is 14.4 Å². The van der Waals surface area contributed by atoms with E-state index in [1.54, 1.807) is 6.07 Å². The van der Waals surface area contributed by atoms with Gasteiger partial charge in [0.05, 0.1) is 25.5 Å². The molecule has 5 N–H and O–H groups in total. The van der Waals surface area contributed by atoms with E-state index in [1.807, 2.05) is 19.1 Å². The molecule has 10 heteroatoms. The molecule has 1 saturated heterocycles. The fourth-order valence-electron chi connectivity index (χ4n) is 3.80. The highest BCUT2D eigenvalue weighted by Gasteiger charge is 2.36. The first-order valence-corrected chi connectivity index (χ1v) is 11.7. The number of benzene rings is 1. The summed E-state index contributed by atoms with van der Waals surface area (Å²) in [6, 6.07) is 5.25. The SMILES string of the molecule is Cc1cc(F)c(NCCC2(C)CC2)cc1-c1nc(NCCO)cc(N2CCOCC2)n1.NC=O. The van der Waals surface area contributed by atoms with E-state index in [0.717, 1.165) is 43.0 Å². The Bertz CT molecular complexity index is 964. The monoisotopic (exact) mass is 474 g/mol. The Kier molecular flexibility index (Phi) is 9.00. The van der Waals surface area contributed by atoms with E-state index in [2.05, 4.69) is 33.2 Å². The second-order valence-corrected chi connectivity index (χ2v) is 8.96. The van der Waals surface area contributed by atoms with Crippen LogP contribution in [0.25, 0.3) is 11.4 Å². The number of nitrogens with zero attached hydrogens (tertiary/aromatic N) is 3. The zero-order valence-corrected chi connectivity index (χ0v) is 19.9. The summed E-state index contributed by atoms with van der Waals surface area (Å²) in [4.78, 5) is 20.2. The average Bonchev–Trinajstić information content (AvgIpc) is 3.57. The molecule has 9 nitrogen and oxygen atoms in total. The Morgan fingerprint density at radius 2 is 1.91 bits per heavy atom. The van der Waals surface area contributed by atoms with Crippen molar-refractivity contribution in [2.24, 2.45) is 11.1 Å². The zero-order valence-electron chi connectivity index (χ0n) is 19.9. The Labute approximate surface area is 199 Å². The minimum absolute atomic E-state index is 0.00872. The van der Waals surface area contributed by atoms with E-state index in [1.165, 1.54) is 12.8 Å². The van der Waals surface area contributed by atoms with Crippen LogP contribution in [0.3, 0.4) is 0 Å². The molecule has 0 unspecified atom stereocenters. The predicted molar refractivity (Wildman–Crippen MR) is 131 cm³/mol. The third-order valence-electron chi connectivity index (χ3n) is 6.17. The average molecular weight is 475 g/mol. The van der Waals surface area contributed by atoms with Gasteiger partial charge in [0.1, 0.15) is 17.5 Å². The summed E-state index contributed by atoms with van der Waals surface area (Å²) in [7, 11) is 0. The maximum Gasteiger partial charge on any atom is 0.204 e. The van der Waals surface area contributed by atoms with Gasteiger partial charge in [0.25, 0.3) is 0 Å². The lowest BCUT2D eigenvalue weighted by Crippen LogP contribution is -2.37. The summed E-state index contributed by atoms with van der Waals surface area (Å²) in [5.74, 6) is 1.72. The van der Waals surface area contributed by atoms with Crippen LogP contribution in [0.1, 0.15) is 31.7 Å². The van der Waals surface area contributed by atoms with E-state index in [0.29, 0.717) is 42.5 Å². The number of ether oxygens (including phenoxy) is 1. The molecule has 0 bridgehead atoms. The minimum atomic E-state index is -0.259. The molecule has 0 atom stereocenters. The van der Waals surface area contributed by atoms with Gasteiger partial charge in [-0.1, -0.05) is 6.92 Å². The van der Waals surface area contributed by atoms with Crippen LogP contribution in [0.5, 0.6) is 0 Å². The van der Waals surface area contributed by atoms with Crippen LogP contribution < -0.4 is 21.3 Å². The maximum absolute atomic E-state index is 14.6. The van der Waals surface area contributed by atoms with Crippen LogP contribution in [-0.2, 0) is 9.53 Å². The van der Waals surface area contributed by atoms with Crippen molar-refractivity contribution in [2.75, 3.05) is 61.5 Å². The fraction of sp³-hybridized carbons (Fsp3) is 0.542. The molecule has 1 aliphatic carbocycles. The summed E-state index contributed by atoms with van der Waals surface area (Å²) in [5, 5.41) is 15.6. The van der Waals surface area contributed by atoms with Crippen molar-refractivity contribution < 1.29 is 19.0 Å². The Hall–Kier alpha value is -2.98. The van der Waals surface area contributed by atoms with E-state index in [-0.39, 0.29) is 18.8 Å². The molecule has 186 valence electrons. The molecule has 2 aromatic rings. The maximum atomic E-state index is 14.6. The molecule has 34 heavy (non-hydrogen) atoms. The molecule has 2 aliphatic rings. The number of aromatic nitrogens is 2. The Morgan fingerprint density at radius 1 is 1.21 bits per heavy atom. The van der Waals surface area contributed by atoms with Crippen molar-refractivity contribution >= 4 is 23.7 Å². The number of carbonyl (C=O) groups excluding carboxylic acids is 1. The number of amides is 1. The predicted octanol–water partition coefficient (Wildman–Crippen LogP) is 2.54. The van der Waals surface area contributed by atoms with E-state index in [9.17, 15) is 9.50 Å². The number of carbonyl (C=O) groups is 1. The lowest BCUT2D eigenvalue weighted by molar-refractivity contribution is -0.106. The Balaban J connectivity index is 0.00000103. The van der Waals surface area contributed by atoms with Gasteiger partial charge in [-0.05, 0) is 49.3 Å². The van der Waals surface area contributed by atoms with Crippen molar-refractivity contribution in [1.29, 1.82) is 0 Å². The molecule has 0 spiro atoms. The minimum Gasteiger partial charge on any atom is -0.395 e. The summed E-state index contributed by atoms with van der Waals surface area (Å²) in [5.41, 5.74) is 6.64. The van der Waals surface area contributed by atoms with Gasteiger partial charge in [0, 0.05) is 37.8 Å². The molecule has 4 rings (SSSR count). The molecule has 0 radical (unpaired) electrons. The second-order valence-electron chi connectivity index (χ2n) is 8.96. The molecule has 2 fully saturated rings. The van der Waals surface area contributed by atoms with Gasteiger partial charge in [0.2, 0.25) is 6.41 Å². The number of hydrogen-bond acceptors (Lipinski definition) is 8. The van der Waals surface area contributed by atoms with Crippen LogP contribution in [0, 0.1) is 18.2 Å². The lowest BCUT2D eigenvalue weighted by Gasteiger charge is -2.28. The fourth-order valence-corrected chi connectivity index (χ4v) is 3.80. The van der Waals surface area contributed by atoms with E-state index < -0.39 is 0 Å². The second kappa shape index (κ2) is 11.9. The molecule has 1 aromatic heterocycles. The molecule has 2 heterocycles. The molecular weight excluding hydrogens is 439 g/mol. The smallest absolute Gasteiger partial charge is 0.204 e. The third-order valence-corrected chi connectivity index (χ3v) is 6.17. The molecule has 1 saturated carbocycles. The van der Waals surface area contributed by atoms with Crippen LogP contribution >= 0.6 is 0 Å². The number of primary amides is 1. The van der Waals surface area contributed by atoms with Crippen molar-refractivity contribution in [3.63, 3.8) is 0 Å². The summed E-state index contributed by atoms with van der Waals surface area (Å²) < 4.78 is 20.1. The van der Waals surface area contributed by atoms with Gasteiger partial charge in [-0.15, -0.1) is 0 Å². The molecule has 1 aromatic carbocycles. The topological polar surface area (TPSA) is 126 Å². The number of morpholine rings is 1. The number of rotatable bonds is 9. The summed E-state index contributed by atoms with van der Waals surface area (Å²) >= 11 is 0. The number of aliphatic hydroxyl groups excluding tert-OH is 1. The van der Waals surface area contributed by atoms with Crippen molar-refractivity contribution in [2.45, 2.75) is 33.1 Å². The molecule has 1 aliphatic heterocycles. The summed E-state index contributed by atoms with van der Waals surface area (Å²) in [6.45, 7) is 8.11. The highest BCUT2D eigenvalue weighted by Crippen LogP contribution is 2.47. The molecule has 1 amide bonds. The van der Waals surface area contributed by atoms with Crippen molar-refractivity contribution in [1.82, 2.24) is 9.97 Å². The van der Waals surface area contributed by atoms with Gasteiger partial charge >= 0.3 is 0 Å². The first-order valence-electron chi connectivity index (χ1n) is 11.7. The summed E-state index contributed by atoms with van der Waals surface area (Å²) in [6.07, 6.45) is 3.79. The van der Waals surface area contributed by atoms with Crippen molar-refractivity contribution in [3.05, 3.63) is 29.6 Å². The number of aryl methyl sites for hydroxylation is 1. The van der Waals surface area contributed by atoms with Crippen LogP contribution in [0.4, 0.5) is 21.7 Å². The number of nitrogens with two attached hydrogens (primary N) is 1. The quantitative estimate of drug-likeness (QED) is 0.409. The molecular formula is C24H35FN6O3. The number of aliphatic hydroxyl groups is 1. The van der Waals surface area contributed by atoms with Gasteiger partial charge in [0.15, 0.2) is 5.82 Å². The lowest BCUT2D eigenvalue weighted by atomic mass is 10.0. The first-order chi connectivity index (χ1) is 16.4. The van der Waals surface area contributed by atoms with Gasteiger partial charge < -0.3 is 31.1 Å². The van der Waals surface area contributed by atoms with Gasteiger partial charge in [-0.3, -0.25) is 4.79 Å². The first kappa shape index (κ1) is 25.6. The number of hydrogen-bond donors (Lipinski definition) is 4. The van der Waals surface area contributed by atoms with E-state index >= 15 is 0 Å². The van der Waals surface area contributed by atoms with Crippen LogP contribution in [-0.4, -0.2) is 67.5 Å². The normalized spacial score (nSPS) is 16.3. The third kappa shape index (κ3) is 7.01. The highest BCUT2D eigenvalue weighted by molar-refractivity contribution is 5.69. The van der Waals surface area contributed by atoms with E-state index in [4.69, 9.17) is 14.5 Å². The standard InChI is InChI=1S/C23H32FN5O2.CH3NO/c1-16-13-18(24)19(25-6-5-23(2)3-4-23)14-17(16)22-27-20(26-7-10-30)15-21(28-22)29-8-11-31-12-9-29;2-1-3/h13-15,25,30H,3-12H2,1-2H3,(H,26,27,28);1H,(H2,2,3). The van der Waals surface area contributed by atoms with Crippen molar-refractivity contribution in [3.8, 4) is 11.4 Å². The van der Waals surface area contributed by atoms with Crippen LogP contribution in [0.15, 0.2) is 18.2 Å². The zero-order chi connectivity index (χ0) is 24.6.